The lowest BCUT2D eigenvalue weighted by Crippen LogP contribution is -2.58. The molecule has 1 unspecified atom stereocenters. The summed E-state index contributed by atoms with van der Waals surface area (Å²) in [6.45, 7) is 3.59. The molecule has 46 heavy (non-hydrogen) atoms. The summed E-state index contributed by atoms with van der Waals surface area (Å²) in [5.41, 5.74) is 2.65. The second kappa shape index (κ2) is 13.7. The molecule has 13 heteroatoms. The molecule has 0 radical (unpaired) electrons. The Morgan fingerprint density at radius 1 is 0.978 bits per heavy atom. The number of benzene rings is 4. The average Bonchev–Trinajstić information content (AvgIpc) is 3.23. The normalized spacial score (nSPS) is 15.8. The molecule has 1 atom stereocenters. The molecule has 4 aromatic carbocycles. The minimum atomic E-state index is -1.15. The molecule has 1 heterocycles. The molecule has 238 valence electrons. The summed E-state index contributed by atoms with van der Waals surface area (Å²) in [6.07, 6.45) is 0.534. The van der Waals surface area contributed by atoms with Crippen molar-refractivity contribution in [3.63, 3.8) is 0 Å². The van der Waals surface area contributed by atoms with Gasteiger partial charge >= 0.3 is 12.1 Å². The van der Waals surface area contributed by atoms with Crippen molar-refractivity contribution in [1.29, 1.82) is 0 Å². The first-order chi connectivity index (χ1) is 22.0. The molecule has 0 bridgehead atoms. The fourth-order valence-corrected chi connectivity index (χ4v) is 5.70. The van der Waals surface area contributed by atoms with Crippen molar-refractivity contribution >= 4 is 69.5 Å². The van der Waals surface area contributed by atoms with Crippen LogP contribution in [0.4, 0.5) is 21.0 Å². The predicted molar refractivity (Wildman–Crippen MR) is 179 cm³/mol. The van der Waals surface area contributed by atoms with Gasteiger partial charge in [-0.2, -0.15) is 10.2 Å². The van der Waals surface area contributed by atoms with Crippen LogP contribution in [-0.4, -0.2) is 62.7 Å². The van der Waals surface area contributed by atoms with E-state index in [0.29, 0.717) is 32.0 Å². The molecular formula is C33H32Cl2N6O5. The number of carbonyl (C=O) groups is 3. The summed E-state index contributed by atoms with van der Waals surface area (Å²) >= 11 is 12.0. The monoisotopic (exact) mass is 662 g/mol. The van der Waals surface area contributed by atoms with E-state index in [4.69, 9.17) is 23.2 Å². The maximum Gasteiger partial charge on any atom is 0.347 e. The molecule has 4 N–H and O–H groups in total. The molecule has 0 saturated carbocycles. The van der Waals surface area contributed by atoms with Gasteiger partial charge in [0.15, 0.2) is 6.17 Å². The van der Waals surface area contributed by atoms with Gasteiger partial charge in [-0.05, 0) is 85.6 Å². The van der Waals surface area contributed by atoms with Crippen LogP contribution in [0.25, 0.3) is 10.8 Å². The number of carbonyl (C=O) groups excluding carboxylic acids is 3. The van der Waals surface area contributed by atoms with E-state index in [9.17, 15) is 24.7 Å². The van der Waals surface area contributed by atoms with Gasteiger partial charge in [0.05, 0.1) is 11.8 Å². The summed E-state index contributed by atoms with van der Waals surface area (Å²) in [5.74, 6) is -0.358. The molecule has 1 aliphatic rings. The van der Waals surface area contributed by atoms with Gasteiger partial charge in [0, 0.05) is 39.9 Å². The van der Waals surface area contributed by atoms with E-state index in [1.165, 1.54) is 16.0 Å². The number of urea groups is 2. The van der Waals surface area contributed by atoms with Gasteiger partial charge in [-0.25, -0.2) is 15.0 Å². The molecule has 1 aliphatic heterocycles. The van der Waals surface area contributed by atoms with Crippen molar-refractivity contribution in [3.8, 4) is 5.75 Å². The predicted octanol–water partition coefficient (Wildman–Crippen LogP) is 7.05. The van der Waals surface area contributed by atoms with Crippen LogP contribution in [0, 0.1) is 0 Å². The summed E-state index contributed by atoms with van der Waals surface area (Å²) in [4.78, 5) is 42.5. The third kappa shape index (κ3) is 6.86. The van der Waals surface area contributed by atoms with E-state index in [-0.39, 0.29) is 25.1 Å². The van der Waals surface area contributed by atoms with Crippen LogP contribution < -0.4 is 15.6 Å². The van der Waals surface area contributed by atoms with E-state index in [1.807, 2.05) is 24.3 Å². The maximum atomic E-state index is 13.9. The Morgan fingerprint density at radius 3 is 2.33 bits per heavy atom. The van der Waals surface area contributed by atoms with Crippen LogP contribution in [0.2, 0.25) is 10.0 Å². The van der Waals surface area contributed by atoms with Crippen LogP contribution in [0.3, 0.4) is 0 Å². The number of nitrogens with one attached hydrogen (secondary N) is 2. The standard InChI is InChI=1S/C33H32Cl2N6O5/c1-33(2)30(41(46)31(44)37-24-14-10-22(34)11-15-24)40(25-16-12-23(35)13-17-25)32(45)39(33)19-5-8-29(43)38-36-20-27-26-7-4-3-6-21(26)9-18-28(27)42/h3-4,6-7,9-18,20,30,42,46H,5,8,19H2,1-2H3,(H,37,44)(H,38,43)/b36-20-. The lowest BCUT2D eigenvalue weighted by atomic mass is 9.99. The number of phenolic OH excluding ortho intramolecular Hbond substituents is 1. The van der Waals surface area contributed by atoms with Crippen molar-refractivity contribution in [3.05, 3.63) is 101 Å². The van der Waals surface area contributed by atoms with Gasteiger partial charge in [0.1, 0.15) is 5.75 Å². The molecule has 1 fully saturated rings. The Balaban J connectivity index is 1.28. The van der Waals surface area contributed by atoms with E-state index in [2.05, 4.69) is 15.8 Å². The van der Waals surface area contributed by atoms with Gasteiger partial charge < -0.3 is 15.3 Å². The van der Waals surface area contributed by atoms with Gasteiger partial charge in [-0.1, -0.05) is 53.5 Å². The SMILES string of the molecule is CC1(C)C(N(O)C(=O)Nc2ccc(Cl)cc2)N(c2ccc(Cl)cc2)C(=O)N1CCCC(=O)N/N=C\c1c(O)ccc2ccccc12. The number of nitrogens with zero attached hydrogens (tertiary/aromatic N) is 4. The van der Waals surface area contributed by atoms with Crippen LogP contribution in [0.1, 0.15) is 32.3 Å². The number of anilines is 2. The highest BCUT2D eigenvalue weighted by Gasteiger charge is 2.55. The minimum Gasteiger partial charge on any atom is -0.507 e. The first-order valence-corrected chi connectivity index (χ1v) is 15.2. The third-order valence-corrected chi connectivity index (χ3v) is 8.27. The number of rotatable bonds is 9. The molecule has 5 amide bonds. The second-order valence-corrected chi connectivity index (χ2v) is 12.1. The number of hydrogen-bond donors (Lipinski definition) is 4. The fourth-order valence-electron chi connectivity index (χ4n) is 5.45. The van der Waals surface area contributed by atoms with Gasteiger partial charge in [0.25, 0.3) is 0 Å². The fraction of sp³-hybridized carbons (Fsp3) is 0.212. The zero-order valence-corrected chi connectivity index (χ0v) is 26.5. The zero-order chi connectivity index (χ0) is 33.0. The van der Waals surface area contributed by atoms with Crippen molar-refractivity contribution in [2.24, 2.45) is 5.10 Å². The van der Waals surface area contributed by atoms with Crippen molar-refractivity contribution in [2.75, 3.05) is 16.8 Å². The quantitative estimate of drug-likeness (QED) is 0.0864. The van der Waals surface area contributed by atoms with E-state index < -0.39 is 29.7 Å². The number of fused-ring (bicyclic) bond motifs is 1. The van der Waals surface area contributed by atoms with Crippen LogP contribution in [0.5, 0.6) is 5.75 Å². The van der Waals surface area contributed by atoms with Gasteiger partial charge in [0.2, 0.25) is 5.91 Å². The average molecular weight is 664 g/mol. The molecule has 11 nitrogen and oxygen atoms in total. The van der Waals surface area contributed by atoms with Crippen molar-refractivity contribution in [2.45, 2.75) is 38.4 Å². The Morgan fingerprint density at radius 2 is 1.63 bits per heavy atom. The highest BCUT2D eigenvalue weighted by Crippen LogP contribution is 2.38. The van der Waals surface area contributed by atoms with Crippen molar-refractivity contribution < 1.29 is 24.7 Å². The van der Waals surface area contributed by atoms with E-state index in [0.717, 1.165) is 10.8 Å². The molecule has 0 aliphatic carbocycles. The van der Waals surface area contributed by atoms with Gasteiger partial charge in [-0.15, -0.1) is 0 Å². The lowest BCUT2D eigenvalue weighted by molar-refractivity contribution is -0.121. The van der Waals surface area contributed by atoms with E-state index in [1.54, 1.807) is 74.5 Å². The number of halogens is 2. The Kier molecular flexibility index (Phi) is 9.66. The number of phenols is 1. The minimum absolute atomic E-state index is 0.0320. The Hall–Kier alpha value is -4.84. The summed E-state index contributed by atoms with van der Waals surface area (Å²) in [6, 6.07) is 22.3. The largest absolute Gasteiger partial charge is 0.507 e. The molecule has 0 spiro atoms. The van der Waals surface area contributed by atoms with Crippen LogP contribution in [-0.2, 0) is 4.79 Å². The van der Waals surface area contributed by atoms with Crippen LogP contribution in [0.15, 0.2) is 90.0 Å². The van der Waals surface area contributed by atoms with Crippen molar-refractivity contribution in [1.82, 2.24) is 15.4 Å². The summed E-state index contributed by atoms with van der Waals surface area (Å²) < 4.78 is 0. The highest BCUT2D eigenvalue weighted by molar-refractivity contribution is 6.31. The van der Waals surface area contributed by atoms with Crippen LogP contribution >= 0.6 is 23.2 Å². The first-order valence-electron chi connectivity index (χ1n) is 14.4. The molecule has 5 rings (SSSR count). The van der Waals surface area contributed by atoms with Gasteiger partial charge in [-0.3, -0.25) is 14.9 Å². The maximum absolute atomic E-state index is 13.9. The number of hydroxylamine groups is 2. The molecular weight excluding hydrogens is 631 g/mol. The molecule has 4 aromatic rings. The second-order valence-electron chi connectivity index (χ2n) is 11.2. The summed E-state index contributed by atoms with van der Waals surface area (Å²) in [7, 11) is 0. The molecule has 1 saturated heterocycles. The topological polar surface area (TPSA) is 138 Å². The zero-order valence-electron chi connectivity index (χ0n) is 25.0. The molecule has 0 aromatic heterocycles. The number of hydrogen-bond acceptors (Lipinski definition) is 6. The third-order valence-electron chi connectivity index (χ3n) is 7.77. The smallest absolute Gasteiger partial charge is 0.347 e. The number of amides is 5. The van der Waals surface area contributed by atoms with E-state index >= 15 is 0 Å². The summed E-state index contributed by atoms with van der Waals surface area (Å²) in [5, 5.41) is 31.3. The Labute approximate surface area is 275 Å². The highest BCUT2D eigenvalue weighted by atomic mass is 35.5. The Bertz CT molecular complexity index is 1780. The first kappa shape index (κ1) is 32.6. The number of hydrazone groups is 1. The lowest BCUT2D eigenvalue weighted by Gasteiger charge is -2.38. The number of aromatic hydroxyl groups is 1.